The molecule has 146 valence electrons. The van der Waals surface area contributed by atoms with E-state index in [1.54, 1.807) is 0 Å². The van der Waals surface area contributed by atoms with Gasteiger partial charge in [-0.05, 0) is 37.5 Å². The van der Waals surface area contributed by atoms with Crippen LogP contribution in [0.5, 0.6) is 0 Å². The third-order valence-corrected chi connectivity index (χ3v) is 4.56. The molecule has 26 heavy (non-hydrogen) atoms. The molecule has 1 unspecified atom stereocenters. The molecule has 0 spiro atoms. The van der Waals surface area contributed by atoms with Gasteiger partial charge in [-0.15, -0.1) is 0 Å². The number of primary sulfonamides is 1. The Morgan fingerprint density at radius 1 is 1.23 bits per heavy atom. The fourth-order valence-corrected chi connectivity index (χ4v) is 2.81. The van der Waals surface area contributed by atoms with Crippen molar-refractivity contribution in [2.75, 3.05) is 6.61 Å². The number of carbonyl (C=O) groups excluding carboxylic acids is 2. The number of nitrogens with one attached hydrogen (secondary N) is 1. The first-order valence-electron chi connectivity index (χ1n) is 8.29. The van der Waals surface area contributed by atoms with Crippen molar-refractivity contribution in [2.45, 2.75) is 51.0 Å². The van der Waals surface area contributed by atoms with Crippen LogP contribution < -0.4 is 10.5 Å². The van der Waals surface area contributed by atoms with Crippen molar-refractivity contribution in [3.63, 3.8) is 0 Å². The topological polar surface area (TPSA) is 116 Å². The van der Waals surface area contributed by atoms with Gasteiger partial charge in [0.05, 0.1) is 10.5 Å². The summed E-state index contributed by atoms with van der Waals surface area (Å²) in [4.78, 5) is 23.3. The lowest BCUT2D eigenvalue weighted by Crippen LogP contribution is -2.36. The normalized spacial score (nSPS) is 12.7. The lowest BCUT2D eigenvalue weighted by molar-refractivity contribution is -0.124. The molecule has 0 saturated carbocycles. The molecule has 1 rings (SSSR count). The van der Waals surface area contributed by atoms with Crippen molar-refractivity contribution in [1.29, 1.82) is 0 Å². The van der Waals surface area contributed by atoms with Gasteiger partial charge in [-0.25, -0.2) is 22.7 Å². The summed E-state index contributed by atoms with van der Waals surface area (Å²) >= 11 is 0. The Hall–Kier alpha value is -2.00. The zero-order valence-electron chi connectivity index (χ0n) is 15.1. The van der Waals surface area contributed by atoms with E-state index in [4.69, 9.17) is 9.88 Å². The van der Waals surface area contributed by atoms with Gasteiger partial charge in [-0.3, -0.25) is 4.79 Å². The smallest absolute Gasteiger partial charge is 0.341 e. The van der Waals surface area contributed by atoms with Crippen LogP contribution in [0.4, 0.5) is 4.39 Å². The van der Waals surface area contributed by atoms with Crippen LogP contribution in [-0.2, 0) is 19.6 Å². The Balaban J connectivity index is 2.57. The van der Waals surface area contributed by atoms with Crippen molar-refractivity contribution >= 4 is 21.9 Å². The summed E-state index contributed by atoms with van der Waals surface area (Å²) < 4.78 is 41.0. The van der Waals surface area contributed by atoms with E-state index >= 15 is 0 Å². The van der Waals surface area contributed by atoms with Crippen LogP contribution in [0, 0.1) is 11.7 Å². The second-order valence-electron chi connectivity index (χ2n) is 6.56. The maximum Gasteiger partial charge on any atom is 0.341 e. The zero-order chi connectivity index (χ0) is 19.9. The first-order valence-corrected chi connectivity index (χ1v) is 9.84. The van der Waals surface area contributed by atoms with E-state index in [2.05, 4.69) is 19.2 Å². The van der Waals surface area contributed by atoms with Gasteiger partial charge in [0.15, 0.2) is 6.61 Å². The standard InChI is InChI=1S/C17H25FN2O5S/c1-11(2)5-4-6-12(3)20-16(21)10-25-17(22)14-9-13(26(19,23)24)7-8-15(14)18/h7-9,11-12H,4-6,10H2,1-3H3,(H,20,21)(H2,19,23,24). The van der Waals surface area contributed by atoms with Gasteiger partial charge in [-0.1, -0.05) is 26.7 Å². The van der Waals surface area contributed by atoms with Gasteiger partial charge in [0, 0.05) is 6.04 Å². The van der Waals surface area contributed by atoms with Crippen LogP contribution in [0.1, 0.15) is 50.4 Å². The minimum Gasteiger partial charge on any atom is -0.452 e. The maximum atomic E-state index is 13.7. The number of nitrogens with two attached hydrogens (primary N) is 1. The number of hydrogen-bond acceptors (Lipinski definition) is 5. The molecule has 0 bridgehead atoms. The summed E-state index contributed by atoms with van der Waals surface area (Å²) in [6.45, 7) is 5.49. The molecule has 9 heteroatoms. The number of carbonyl (C=O) groups is 2. The SMILES string of the molecule is CC(C)CCCC(C)NC(=O)COC(=O)c1cc(S(N)(=O)=O)ccc1F. The molecule has 0 heterocycles. The van der Waals surface area contributed by atoms with Crippen LogP contribution in [-0.4, -0.2) is 32.9 Å². The van der Waals surface area contributed by atoms with Crippen molar-refractivity contribution in [1.82, 2.24) is 5.32 Å². The Morgan fingerprint density at radius 3 is 2.46 bits per heavy atom. The van der Waals surface area contributed by atoms with E-state index < -0.39 is 44.8 Å². The number of amides is 1. The van der Waals surface area contributed by atoms with Gasteiger partial charge >= 0.3 is 5.97 Å². The monoisotopic (exact) mass is 388 g/mol. The van der Waals surface area contributed by atoms with Crippen LogP contribution in [0.2, 0.25) is 0 Å². The molecule has 0 aliphatic heterocycles. The third kappa shape index (κ3) is 7.49. The summed E-state index contributed by atoms with van der Waals surface area (Å²) in [5.74, 6) is -2.04. The molecule has 1 atom stereocenters. The second-order valence-corrected chi connectivity index (χ2v) is 8.12. The predicted molar refractivity (Wildman–Crippen MR) is 94.3 cm³/mol. The molecule has 0 radical (unpaired) electrons. The molecule has 0 aliphatic carbocycles. The van der Waals surface area contributed by atoms with E-state index in [0.29, 0.717) is 5.92 Å². The summed E-state index contributed by atoms with van der Waals surface area (Å²) in [7, 11) is -4.09. The molecule has 0 saturated heterocycles. The van der Waals surface area contributed by atoms with Crippen molar-refractivity contribution in [3.05, 3.63) is 29.6 Å². The number of esters is 1. The number of rotatable bonds is 9. The second kappa shape index (κ2) is 9.63. The zero-order valence-corrected chi connectivity index (χ0v) is 15.9. The maximum absolute atomic E-state index is 13.7. The molecule has 1 aromatic carbocycles. The average Bonchev–Trinajstić information content (AvgIpc) is 2.51. The van der Waals surface area contributed by atoms with Crippen molar-refractivity contribution in [2.24, 2.45) is 11.1 Å². The highest BCUT2D eigenvalue weighted by Gasteiger charge is 2.19. The average molecular weight is 388 g/mol. The Kier molecular flexibility index (Phi) is 8.16. The van der Waals surface area contributed by atoms with Gasteiger partial charge in [-0.2, -0.15) is 0 Å². The van der Waals surface area contributed by atoms with Gasteiger partial charge in [0.1, 0.15) is 5.82 Å². The number of benzene rings is 1. The highest BCUT2D eigenvalue weighted by Crippen LogP contribution is 2.15. The van der Waals surface area contributed by atoms with Gasteiger partial charge < -0.3 is 10.1 Å². The summed E-state index contributed by atoms with van der Waals surface area (Å²) in [5.41, 5.74) is -0.602. The molecule has 0 aromatic heterocycles. The number of hydrogen-bond donors (Lipinski definition) is 2. The summed E-state index contributed by atoms with van der Waals surface area (Å²) in [6, 6.07) is 2.43. The Morgan fingerprint density at radius 2 is 1.88 bits per heavy atom. The molecule has 0 aliphatic rings. The highest BCUT2D eigenvalue weighted by atomic mass is 32.2. The molecular formula is C17H25FN2O5S. The molecule has 1 amide bonds. The quantitative estimate of drug-likeness (QED) is 0.628. The van der Waals surface area contributed by atoms with E-state index in [1.807, 2.05) is 6.92 Å². The lowest BCUT2D eigenvalue weighted by atomic mass is 10.0. The first kappa shape index (κ1) is 22.0. The van der Waals surface area contributed by atoms with Gasteiger partial charge in [0.25, 0.3) is 5.91 Å². The number of halogens is 1. The van der Waals surface area contributed by atoms with Gasteiger partial charge in [0.2, 0.25) is 10.0 Å². The Labute approximate surface area is 153 Å². The lowest BCUT2D eigenvalue weighted by Gasteiger charge is -2.14. The third-order valence-electron chi connectivity index (χ3n) is 3.65. The molecule has 3 N–H and O–H groups in total. The van der Waals surface area contributed by atoms with Crippen LogP contribution in [0.25, 0.3) is 0 Å². The van der Waals surface area contributed by atoms with Crippen molar-refractivity contribution in [3.8, 4) is 0 Å². The van der Waals surface area contributed by atoms with Crippen LogP contribution in [0.15, 0.2) is 23.1 Å². The minimum absolute atomic E-state index is 0.0811. The van der Waals surface area contributed by atoms with E-state index in [-0.39, 0.29) is 6.04 Å². The molecule has 1 aromatic rings. The predicted octanol–water partition coefficient (Wildman–Crippen LogP) is 1.96. The molecule has 0 fully saturated rings. The van der Waals surface area contributed by atoms with E-state index in [1.165, 1.54) is 0 Å². The van der Waals surface area contributed by atoms with Crippen molar-refractivity contribution < 1.29 is 27.1 Å². The number of sulfonamides is 1. The number of ether oxygens (including phenoxy) is 1. The van der Waals surface area contributed by atoms with Crippen LogP contribution in [0.3, 0.4) is 0 Å². The largest absolute Gasteiger partial charge is 0.452 e. The highest BCUT2D eigenvalue weighted by molar-refractivity contribution is 7.89. The van der Waals surface area contributed by atoms with E-state index in [0.717, 1.165) is 37.5 Å². The fourth-order valence-electron chi connectivity index (χ4n) is 2.27. The summed E-state index contributed by atoms with van der Waals surface area (Å²) in [6.07, 6.45) is 2.81. The Bertz CT molecular complexity index is 750. The first-order chi connectivity index (χ1) is 12.0. The molecule has 7 nitrogen and oxygen atoms in total. The summed E-state index contributed by atoms with van der Waals surface area (Å²) in [5, 5.41) is 7.63. The molecular weight excluding hydrogens is 363 g/mol. The fraction of sp³-hybridized carbons (Fsp3) is 0.529. The van der Waals surface area contributed by atoms with Crippen LogP contribution >= 0.6 is 0 Å². The minimum atomic E-state index is -4.09. The van der Waals surface area contributed by atoms with E-state index in [9.17, 15) is 22.4 Å².